The normalized spacial score (nSPS) is 18.6. The summed E-state index contributed by atoms with van der Waals surface area (Å²) in [5.74, 6) is 2.01. The van der Waals surface area contributed by atoms with E-state index in [1.807, 2.05) is 36.4 Å². The van der Waals surface area contributed by atoms with E-state index in [2.05, 4.69) is 17.4 Å². The summed E-state index contributed by atoms with van der Waals surface area (Å²) in [6.07, 6.45) is 9.08. The molecule has 1 amide bonds. The fraction of sp³-hybridized carbons (Fsp3) is 0.567. The number of unbranched alkanes of at least 4 members (excludes halogenated alkanes) is 1. The van der Waals surface area contributed by atoms with Crippen LogP contribution in [0.1, 0.15) is 82.0 Å². The molecule has 35 heavy (non-hydrogen) atoms. The molecule has 192 valence electrons. The highest BCUT2D eigenvalue weighted by Crippen LogP contribution is 2.33. The number of nitrogens with one attached hydrogen (secondary N) is 1. The standard InChI is InChI=1S/C30H42FNO3/c1-30(2,31)19-18-23-6-5-7-24(9-8-23)22-35-28-16-14-26(15-17-28)25-10-12-27(13-11-25)29(34)32-20-3-4-21-33/h10-17,23-24,33H,3-9,18-22H2,1-2H3,(H,32,34). The van der Waals surface area contributed by atoms with Crippen molar-refractivity contribution in [1.29, 1.82) is 0 Å². The van der Waals surface area contributed by atoms with Gasteiger partial charge < -0.3 is 15.2 Å². The smallest absolute Gasteiger partial charge is 0.251 e. The molecule has 2 aromatic carbocycles. The first kappa shape index (κ1) is 27.2. The third-order valence-corrected chi connectivity index (χ3v) is 7.05. The van der Waals surface area contributed by atoms with Gasteiger partial charge in [-0.15, -0.1) is 0 Å². The van der Waals surface area contributed by atoms with E-state index in [-0.39, 0.29) is 12.5 Å². The Morgan fingerprint density at radius 1 is 0.971 bits per heavy atom. The Morgan fingerprint density at radius 3 is 2.26 bits per heavy atom. The first-order valence-corrected chi connectivity index (χ1v) is 13.3. The van der Waals surface area contributed by atoms with Gasteiger partial charge in [-0.05, 0) is 99.6 Å². The molecule has 4 nitrogen and oxygen atoms in total. The average molecular weight is 484 g/mol. The number of benzene rings is 2. The lowest BCUT2D eigenvalue weighted by Crippen LogP contribution is -2.24. The maximum Gasteiger partial charge on any atom is 0.251 e. The number of ether oxygens (including phenoxy) is 1. The Morgan fingerprint density at radius 2 is 1.60 bits per heavy atom. The molecule has 1 saturated carbocycles. The van der Waals surface area contributed by atoms with E-state index in [1.165, 1.54) is 25.7 Å². The molecule has 2 unspecified atom stereocenters. The van der Waals surface area contributed by atoms with Crippen molar-refractivity contribution in [2.45, 2.75) is 77.3 Å². The van der Waals surface area contributed by atoms with Crippen molar-refractivity contribution in [3.63, 3.8) is 0 Å². The first-order chi connectivity index (χ1) is 16.8. The van der Waals surface area contributed by atoms with Crippen LogP contribution in [-0.4, -0.2) is 36.4 Å². The second-order valence-electron chi connectivity index (χ2n) is 10.6. The molecule has 0 radical (unpaired) electrons. The Labute approximate surface area is 210 Å². The Balaban J connectivity index is 1.44. The molecular formula is C30H42FNO3. The number of carbonyl (C=O) groups excluding carboxylic acids is 1. The summed E-state index contributed by atoms with van der Waals surface area (Å²) in [6.45, 7) is 4.83. The van der Waals surface area contributed by atoms with Gasteiger partial charge >= 0.3 is 0 Å². The van der Waals surface area contributed by atoms with Gasteiger partial charge in [-0.25, -0.2) is 4.39 Å². The summed E-state index contributed by atoms with van der Waals surface area (Å²) in [7, 11) is 0. The van der Waals surface area contributed by atoms with Crippen LogP contribution in [0, 0.1) is 11.8 Å². The van der Waals surface area contributed by atoms with E-state index in [0.29, 0.717) is 36.8 Å². The topological polar surface area (TPSA) is 58.6 Å². The van der Waals surface area contributed by atoms with Crippen LogP contribution in [-0.2, 0) is 0 Å². The van der Waals surface area contributed by atoms with Gasteiger partial charge in [0.15, 0.2) is 0 Å². The van der Waals surface area contributed by atoms with Gasteiger partial charge in [0.25, 0.3) is 5.91 Å². The highest BCUT2D eigenvalue weighted by atomic mass is 19.1. The van der Waals surface area contributed by atoms with Crippen LogP contribution in [0.5, 0.6) is 5.75 Å². The monoisotopic (exact) mass is 483 g/mol. The molecule has 0 heterocycles. The molecule has 1 aliphatic carbocycles. The third-order valence-electron chi connectivity index (χ3n) is 7.05. The van der Waals surface area contributed by atoms with Crippen molar-refractivity contribution < 1.29 is 19.0 Å². The maximum atomic E-state index is 13.8. The average Bonchev–Trinajstić information content (AvgIpc) is 3.09. The van der Waals surface area contributed by atoms with Crippen molar-refractivity contribution in [1.82, 2.24) is 5.32 Å². The number of hydrogen-bond donors (Lipinski definition) is 2. The molecule has 0 aromatic heterocycles. The molecule has 0 saturated heterocycles. The van der Waals surface area contributed by atoms with Crippen molar-refractivity contribution in [3.05, 3.63) is 54.1 Å². The predicted molar refractivity (Wildman–Crippen MR) is 141 cm³/mol. The summed E-state index contributed by atoms with van der Waals surface area (Å²) in [6, 6.07) is 15.8. The minimum Gasteiger partial charge on any atom is -0.493 e. The SMILES string of the molecule is CC(C)(F)CCC1CCCC(COc2ccc(-c3ccc(C(=O)NCCCCO)cc3)cc2)CC1. The van der Waals surface area contributed by atoms with Crippen LogP contribution in [0.2, 0.25) is 0 Å². The van der Waals surface area contributed by atoms with E-state index in [9.17, 15) is 9.18 Å². The van der Waals surface area contributed by atoms with Crippen LogP contribution < -0.4 is 10.1 Å². The first-order valence-electron chi connectivity index (χ1n) is 13.3. The lowest BCUT2D eigenvalue weighted by Gasteiger charge is -2.19. The highest BCUT2D eigenvalue weighted by Gasteiger charge is 2.23. The van der Waals surface area contributed by atoms with Crippen molar-refractivity contribution >= 4 is 5.91 Å². The summed E-state index contributed by atoms with van der Waals surface area (Å²) < 4.78 is 20.0. The van der Waals surface area contributed by atoms with Crippen molar-refractivity contribution in [2.75, 3.05) is 19.8 Å². The van der Waals surface area contributed by atoms with Gasteiger partial charge in [0.05, 0.1) is 6.61 Å². The number of hydrogen-bond acceptors (Lipinski definition) is 3. The minimum atomic E-state index is -1.06. The second-order valence-corrected chi connectivity index (χ2v) is 10.6. The van der Waals surface area contributed by atoms with E-state index in [0.717, 1.165) is 42.7 Å². The quantitative estimate of drug-likeness (QED) is 0.253. The van der Waals surface area contributed by atoms with Crippen molar-refractivity contribution in [2.24, 2.45) is 11.8 Å². The van der Waals surface area contributed by atoms with E-state index in [1.54, 1.807) is 13.8 Å². The molecule has 2 atom stereocenters. The Bertz CT molecular complexity index is 889. The lowest BCUT2D eigenvalue weighted by atomic mass is 9.90. The van der Waals surface area contributed by atoms with Gasteiger partial charge in [0.2, 0.25) is 0 Å². The molecule has 3 rings (SSSR count). The molecule has 0 spiro atoms. The Kier molecular flexibility index (Phi) is 10.6. The van der Waals surface area contributed by atoms with Gasteiger partial charge in [-0.1, -0.05) is 43.5 Å². The van der Waals surface area contributed by atoms with Crippen LogP contribution in [0.25, 0.3) is 11.1 Å². The maximum absolute atomic E-state index is 13.8. The minimum absolute atomic E-state index is 0.0886. The molecule has 2 N–H and O–H groups in total. The fourth-order valence-corrected chi connectivity index (χ4v) is 4.77. The van der Waals surface area contributed by atoms with Crippen LogP contribution >= 0.6 is 0 Å². The summed E-state index contributed by atoms with van der Waals surface area (Å²) in [5.41, 5.74) is 1.72. The number of amides is 1. The number of halogens is 1. The van der Waals surface area contributed by atoms with Crippen LogP contribution in [0.15, 0.2) is 48.5 Å². The molecule has 0 aliphatic heterocycles. The van der Waals surface area contributed by atoms with Gasteiger partial charge in [-0.2, -0.15) is 0 Å². The predicted octanol–water partition coefficient (Wildman–Crippen LogP) is 6.96. The van der Waals surface area contributed by atoms with Gasteiger partial charge in [-0.3, -0.25) is 4.79 Å². The molecular weight excluding hydrogens is 441 g/mol. The van der Waals surface area contributed by atoms with Gasteiger partial charge in [0.1, 0.15) is 11.4 Å². The summed E-state index contributed by atoms with van der Waals surface area (Å²) in [4.78, 5) is 12.2. The molecule has 1 fully saturated rings. The summed E-state index contributed by atoms with van der Waals surface area (Å²) >= 11 is 0. The second kappa shape index (κ2) is 13.6. The number of alkyl halides is 1. The molecule has 5 heteroatoms. The number of rotatable bonds is 12. The zero-order valence-electron chi connectivity index (χ0n) is 21.4. The van der Waals surface area contributed by atoms with Gasteiger partial charge in [0, 0.05) is 18.7 Å². The molecule has 0 bridgehead atoms. The van der Waals surface area contributed by atoms with Crippen molar-refractivity contribution in [3.8, 4) is 16.9 Å². The van der Waals surface area contributed by atoms with Crippen LogP contribution in [0.4, 0.5) is 4.39 Å². The zero-order valence-corrected chi connectivity index (χ0v) is 21.4. The van der Waals surface area contributed by atoms with Crippen LogP contribution in [0.3, 0.4) is 0 Å². The largest absolute Gasteiger partial charge is 0.493 e. The molecule has 1 aliphatic rings. The number of carbonyl (C=O) groups is 1. The third kappa shape index (κ3) is 9.64. The Hall–Kier alpha value is -2.40. The number of aliphatic hydroxyl groups excluding tert-OH is 1. The van der Waals surface area contributed by atoms with E-state index in [4.69, 9.17) is 9.84 Å². The fourth-order valence-electron chi connectivity index (χ4n) is 4.77. The lowest BCUT2D eigenvalue weighted by molar-refractivity contribution is 0.0952. The highest BCUT2D eigenvalue weighted by molar-refractivity contribution is 5.94. The number of aliphatic hydroxyl groups is 1. The van der Waals surface area contributed by atoms with E-state index >= 15 is 0 Å². The summed E-state index contributed by atoms with van der Waals surface area (Å²) in [5, 5.41) is 11.7. The molecule has 2 aromatic rings. The zero-order chi connectivity index (χ0) is 25.1. The van der Waals surface area contributed by atoms with E-state index < -0.39 is 5.67 Å².